The maximum absolute atomic E-state index is 13.0. The summed E-state index contributed by atoms with van der Waals surface area (Å²) in [7, 11) is -4.21. The van der Waals surface area contributed by atoms with Crippen molar-refractivity contribution >= 4 is 16.0 Å². The molecular weight excluding hydrogens is 299 g/mol. The number of aromatic nitrogens is 1. The first-order valence-electron chi connectivity index (χ1n) is 5.81. The Morgan fingerprint density at radius 3 is 2.48 bits per heavy atom. The largest absolute Gasteiger partial charge is 0.480 e. The molecular formula is C13H11FN2O4S. The average Bonchev–Trinajstić information content (AvgIpc) is 2.45. The number of halogens is 1. The Balaban J connectivity index is 2.35. The highest BCUT2D eigenvalue weighted by Crippen LogP contribution is 2.17. The van der Waals surface area contributed by atoms with Gasteiger partial charge in [-0.05, 0) is 11.6 Å². The summed E-state index contributed by atoms with van der Waals surface area (Å²) >= 11 is 0. The van der Waals surface area contributed by atoms with E-state index in [1.807, 2.05) is 4.72 Å². The van der Waals surface area contributed by atoms with Crippen molar-refractivity contribution in [3.63, 3.8) is 0 Å². The first-order valence-corrected chi connectivity index (χ1v) is 7.29. The lowest BCUT2D eigenvalue weighted by atomic mass is 10.1. The molecule has 6 nitrogen and oxygen atoms in total. The van der Waals surface area contributed by atoms with Crippen LogP contribution in [-0.2, 0) is 14.8 Å². The van der Waals surface area contributed by atoms with Crippen LogP contribution in [0.3, 0.4) is 0 Å². The molecule has 0 fully saturated rings. The van der Waals surface area contributed by atoms with Gasteiger partial charge in [0.2, 0.25) is 10.0 Å². The normalized spacial score (nSPS) is 12.8. The minimum atomic E-state index is -4.21. The van der Waals surface area contributed by atoms with Gasteiger partial charge in [0.25, 0.3) is 0 Å². The summed E-state index contributed by atoms with van der Waals surface area (Å²) in [6, 6.07) is 7.09. The Morgan fingerprint density at radius 1 is 1.24 bits per heavy atom. The SMILES string of the molecule is O=C(O)[C@H](NS(=O)(=O)c1cncc(F)c1)c1ccccc1. The molecule has 0 aliphatic heterocycles. The van der Waals surface area contributed by atoms with Crippen molar-refractivity contribution in [1.82, 2.24) is 9.71 Å². The van der Waals surface area contributed by atoms with Crippen LogP contribution in [0, 0.1) is 5.82 Å². The summed E-state index contributed by atoms with van der Waals surface area (Å²) in [5.41, 5.74) is 0.262. The van der Waals surface area contributed by atoms with Crippen molar-refractivity contribution < 1.29 is 22.7 Å². The highest BCUT2D eigenvalue weighted by atomic mass is 32.2. The molecule has 2 N–H and O–H groups in total. The quantitative estimate of drug-likeness (QED) is 0.868. The maximum atomic E-state index is 13.0. The van der Waals surface area contributed by atoms with Crippen molar-refractivity contribution in [2.75, 3.05) is 0 Å². The van der Waals surface area contributed by atoms with Gasteiger partial charge in [0, 0.05) is 6.20 Å². The van der Waals surface area contributed by atoms with Crippen molar-refractivity contribution in [2.45, 2.75) is 10.9 Å². The molecule has 0 radical (unpaired) electrons. The van der Waals surface area contributed by atoms with E-state index in [0.29, 0.717) is 0 Å². The molecule has 1 aromatic heterocycles. The topological polar surface area (TPSA) is 96.4 Å². The van der Waals surface area contributed by atoms with Gasteiger partial charge < -0.3 is 5.11 Å². The lowest BCUT2D eigenvalue weighted by molar-refractivity contribution is -0.139. The van der Waals surface area contributed by atoms with Gasteiger partial charge in [0.05, 0.1) is 6.20 Å². The van der Waals surface area contributed by atoms with Crippen molar-refractivity contribution in [1.29, 1.82) is 0 Å². The molecule has 21 heavy (non-hydrogen) atoms. The molecule has 0 aliphatic rings. The lowest BCUT2D eigenvalue weighted by Gasteiger charge is -2.15. The number of hydrogen-bond acceptors (Lipinski definition) is 4. The number of carbonyl (C=O) groups is 1. The molecule has 1 atom stereocenters. The molecule has 0 amide bonds. The van der Waals surface area contributed by atoms with E-state index in [1.54, 1.807) is 18.2 Å². The molecule has 0 unspecified atom stereocenters. The summed E-state index contributed by atoms with van der Waals surface area (Å²) in [4.78, 5) is 14.3. The van der Waals surface area contributed by atoms with E-state index in [0.717, 1.165) is 18.5 Å². The number of hydrogen-bond donors (Lipinski definition) is 2. The number of benzene rings is 1. The Hall–Kier alpha value is -2.32. The van der Waals surface area contributed by atoms with Gasteiger partial charge in [0.1, 0.15) is 16.8 Å². The average molecular weight is 310 g/mol. The standard InChI is InChI=1S/C13H11FN2O4S/c14-10-6-11(8-15-7-10)21(19,20)16-12(13(17)18)9-4-2-1-3-5-9/h1-8,12,16H,(H,17,18)/t12-/m1/s1. The minimum Gasteiger partial charge on any atom is -0.480 e. The molecule has 1 heterocycles. The molecule has 110 valence electrons. The molecule has 8 heteroatoms. The highest BCUT2D eigenvalue weighted by Gasteiger charge is 2.27. The predicted octanol–water partition coefficient (Wildman–Crippen LogP) is 1.32. The van der Waals surface area contributed by atoms with E-state index >= 15 is 0 Å². The fraction of sp³-hybridized carbons (Fsp3) is 0.0769. The van der Waals surface area contributed by atoms with Crippen LogP contribution in [0.4, 0.5) is 4.39 Å². The number of nitrogens with zero attached hydrogens (tertiary/aromatic N) is 1. The smallest absolute Gasteiger partial charge is 0.326 e. The third kappa shape index (κ3) is 3.61. The Bertz CT molecular complexity index is 750. The molecule has 0 saturated heterocycles. The summed E-state index contributed by atoms with van der Waals surface area (Å²) in [5, 5.41) is 9.17. The lowest BCUT2D eigenvalue weighted by Crippen LogP contribution is -2.33. The summed E-state index contributed by atoms with van der Waals surface area (Å²) in [5.74, 6) is -2.20. The van der Waals surface area contributed by atoms with Gasteiger partial charge in [0.15, 0.2) is 0 Å². The number of carboxylic acid groups (broad SMARTS) is 1. The van der Waals surface area contributed by atoms with Crippen LogP contribution < -0.4 is 4.72 Å². The second-order valence-corrected chi connectivity index (χ2v) is 5.86. The van der Waals surface area contributed by atoms with Crippen LogP contribution in [0.5, 0.6) is 0 Å². The monoisotopic (exact) mass is 310 g/mol. The second-order valence-electron chi connectivity index (χ2n) is 4.14. The van der Waals surface area contributed by atoms with Crippen molar-refractivity contribution in [3.8, 4) is 0 Å². The zero-order valence-electron chi connectivity index (χ0n) is 10.6. The molecule has 1 aromatic carbocycles. The molecule has 0 spiro atoms. The van der Waals surface area contributed by atoms with Crippen LogP contribution in [0.15, 0.2) is 53.7 Å². The van der Waals surface area contributed by atoms with Crippen LogP contribution in [-0.4, -0.2) is 24.5 Å². The second kappa shape index (κ2) is 5.98. The zero-order chi connectivity index (χ0) is 15.5. The molecule has 2 rings (SSSR count). The summed E-state index contributed by atoms with van der Waals surface area (Å²) in [6.07, 6.45) is 1.79. The van der Waals surface area contributed by atoms with Crippen LogP contribution in [0.25, 0.3) is 0 Å². The summed E-state index contributed by atoms with van der Waals surface area (Å²) < 4.78 is 39.2. The van der Waals surface area contributed by atoms with E-state index in [4.69, 9.17) is 0 Å². The first-order chi connectivity index (χ1) is 9.90. The van der Waals surface area contributed by atoms with E-state index in [1.165, 1.54) is 12.1 Å². The first kappa shape index (κ1) is 15.1. The predicted molar refractivity (Wildman–Crippen MR) is 71.3 cm³/mol. The third-order valence-corrected chi connectivity index (χ3v) is 4.03. The van der Waals surface area contributed by atoms with Crippen LogP contribution >= 0.6 is 0 Å². The van der Waals surface area contributed by atoms with E-state index < -0.39 is 32.7 Å². The van der Waals surface area contributed by atoms with Crippen molar-refractivity contribution in [3.05, 3.63) is 60.2 Å². The van der Waals surface area contributed by atoms with E-state index in [9.17, 15) is 22.7 Å². The number of rotatable bonds is 5. The number of pyridine rings is 1. The van der Waals surface area contributed by atoms with Gasteiger partial charge >= 0.3 is 5.97 Å². The molecule has 0 bridgehead atoms. The van der Waals surface area contributed by atoms with E-state index in [-0.39, 0.29) is 5.56 Å². The van der Waals surface area contributed by atoms with Gasteiger partial charge in [-0.2, -0.15) is 4.72 Å². The maximum Gasteiger partial charge on any atom is 0.326 e. The van der Waals surface area contributed by atoms with Crippen molar-refractivity contribution in [2.24, 2.45) is 0 Å². The van der Waals surface area contributed by atoms with Crippen LogP contribution in [0.2, 0.25) is 0 Å². The van der Waals surface area contributed by atoms with Crippen LogP contribution in [0.1, 0.15) is 11.6 Å². The minimum absolute atomic E-state index is 0.262. The third-order valence-electron chi connectivity index (χ3n) is 2.64. The Kier molecular flexibility index (Phi) is 4.29. The van der Waals surface area contributed by atoms with Gasteiger partial charge in [-0.1, -0.05) is 30.3 Å². The van der Waals surface area contributed by atoms with Gasteiger partial charge in [-0.3, -0.25) is 9.78 Å². The number of sulfonamides is 1. The highest BCUT2D eigenvalue weighted by molar-refractivity contribution is 7.89. The molecule has 0 saturated carbocycles. The Labute approximate surface area is 120 Å². The number of nitrogens with one attached hydrogen (secondary N) is 1. The number of carboxylic acids is 1. The van der Waals surface area contributed by atoms with Gasteiger partial charge in [-0.15, -0.1) is 0 Å². The van der Waals surface area contributed by atoms with E-state index in [2.05, 4.69) is 4.98 Å². The van der Waals surface area contributed by atoms with Gasteiger partial charge in [-0.25, -0.2) is 12.8 Å². The zero-order valence-corrected chi connectivity index (χ0v) is 11.4. The summed E-state index contributed by atoms with van der Waals surface area (Å²) in [6.45, 7) is 0. The molecule has 2 aromatic rings. The fourth-order valence-corrected chi connectivity index (χ4v) is 2.82. The fourth-order valence-electron chi connectivity index (χ4n) is 1.67. The molecule has 0 aliphatic carbocycles. The Morgan fingerprint density at radius 2 is 1.90 bits per heavy atom. The number of aliphatic carboxylic acids is 1.